The number of nitrogens with zero attached hydrogens (tertiary/aromatic N) is 5. The molecule has 8 heteroatoms. The average Bonchev–Trinajstić information content (AvgIpc) is 3.21. The molecule has 0 unspecified atom stereocenters. The molecule has 3 heterocycles. The van der Waals surface area contributed by atoms with Gasteiger partial charge in [0.05, 0.1) is 10.3 Å². The van der Waals surface area contributed by atoms with Gasteiger partial charge in [0.25, 0.3) is 5.91 Å². The Labute approximate surface area is 200 Å². The molecule has 0 bridgehead atoms. The first-order valence-corrected chi connectivity index (χ1v) is 12.7. The number of rotatable bonds is 9. The second kappa shape index (κ2) is 10.9. The molecule has 1 aliphatic rings. The molecule has 3 aromatic rings. The van der Waals surface area contributed by atoms with Gasteiger partial charge in [-0.25, -0.2) is 9.97 Å². The Morgan fingerprint density at radius 3 is 2.45 bits per heavy atom. The molecule has 1 amide bonds. The second-order valence-electron chi connectivity index (χ2n) is 8.38. The number of carbonyl (C=O) groups is 1. The smallest absolute Gasteiger partial charge is 0.261 e. The lowest BCUT2D eigenvalue weighted by Crippen LogP contribution is -2.46. The highest BCUT2D eigenvalue weighted by atomic mass is 32.1. The minimum atomic E-state index is -0.00473. The predicted molar refractivity (Wildman–Crippen MR) is 138 cm³/mol. The van der Waals surface area contributed by atoms with Gasteiger partial charge in [-0.15, -0.1) is 11.3 Å². The number of thiophene rings is 1. The summed E-state index contributed by atoms with van der Waals surface area (Å²) in [4.78, 5) is 30.8. The van der Waals surface area contributed by atoms with Crippen LogP contribution in [0, 0.1) is 6.92 Å². The molecule has 4 rings (SSSR count). The number of hydrogen-bond donors (Lipinski definition) is 1. The minimum absolute atomic E-state index is 0.00473. The van der Waals surface area contributed by atoms with Crippen molar-refractivity contribution in [2.75, 3.05) is 62.2 Å². The summed E-state index contributed by atoms with van der Waals surface area (Å²) >= 11 is 1.47. The van der Waals surface area contributed by atoms with Crippen molar-refractivity contribution in [2.45, 2.75) is 27.2 Å². The third-order valence-corrected chi connectivity index (χ3v) is 7.64. The average molecular weight is 467 g/mol. The molecular formula is C25H34N6OS. The first kappa shape index (κ1) is 23.4. The first-order valence-electron chi connectivity index (χ1n) is 11.9. The van der Waals surface area contributed by atoms with Crippen molar-refractivity contribution >= 4 is 39.0 Å². The molecular weight excluding hydrogens is 432 g/mol. The predicted octanol–water partition coefficient (Wildman–Crippen LogP) is 3.79. The van der Waals surface area contributed by atoms with Crippen molar-refractivity contribution in [1.82, 2.24) is 20.2 Å². The highest BCUT2D eigenvalue weighted by Crippen LogP contribution is 2.35. The van der Waals surface area contributed by atoms with E-state index in [1.165, 1.54) is 17.0 Å². The summed E-state index contributed by atoms with van der Waals surface area (Å²) in [6, 6.07) is 10.5. The minimum Gasteiger partial charge on any atom is -0.368 e. The molecule has 0 saturated carbocycles. The highest BCUT2D eigenvalue weighted by Gasteiger charge is 2.24. The van der Waals surface area contributed by atoms with Gasteiger partial charge in [0.1, 0.15) is 17.0 Å². The van der Waals surface area contributed by atoms with Gasteiger partial charge in [-0.05, 0) is 50.7 Å². The third-order valence-electron chi connectivity index (χ3n) is 6.44. The number of aryl methyl sites for hydroxylation is 1. The SMILES string of the molecule is CCN(CC)CCCNC(=O)c1sc2ncnc(N3CCN(c4ccccc4)CC3)c2c1C. The van der Waals surface area contributed by atoms with E-state index in [1.807, 2.05) is 6.92 Å². The third kappa shape index (κ3) is 5.28. The van der Waals surface area contributed by atoms with E-state index in [2.05, 4.69) is 74.2 Å². The summed E-state index contributed by atoms with van der Waals surface area (Å²) in [5, 5.41) is 4.12. The summed E-state index contributed by atoms with van der Waals surface area (Å²) in [6.07, 6.45) is 2.58. The summed E-state index contributed by atoms with van der Waals surface area (Å²) < 4.78 is 0. The van der Waals surface area contributed by atoms with Crippen LogP contribution in [-0.4, -0.2) is 73.1 Å². The maximum Gasteiger partial charge on any atom is 0.261 e. The molecule has 7 nitrogen and oxygen atoms in total. The molecule has 0 aliphatic carbocycles. The standard InChI is InChI=1S/C25H34N6OS/c1-4-29(5-2)13-9-12-26-24(32)22-19(3)21-23(27-18-28-25(21)33-22)31-16-14-30(15-17-31)20-10-7-6-8-11-20/h6-8,10-11,18H,4-5,9,12-17H2,1-3H3,(H,26,32). The summed E-state index contributed by atoms with van der Waals surface area (Å²) in [7, 11) is 0. The summed E-state index contributed by atoms with van der Waals surface area (Å²) in [5.41, 5.74) is 2.24. The van der Waals surface area contributed by atoms with E-state index in [0.29, 0.717) is 6.54 Å². The monoisotopic (exact) mass is 466 g/mol. The van der Waals surface area contributed by atoms with Crippen molar-refractivity contribution in [3.05, 3.63) is 47.1 Å². The fraction of sp³-hybridized carbons (Fsp3) is 0.480. The zero-order valence-corrected chi connectivity index (χ0v) is 20.7. The molecule has 0 radical (unpaired) electrons. The Balaban J connectivity index is 1.44. The fourth-order valence-corrected chi connectivity index (χ4v) is 5.51. The van der Waals surface area contributed by atoms with E-state index >= 15 is 0 Å². The zero-order valence-electron chi connectivity index (χ0n) is 19.9. The Bertz CT molecular complexity index is 1060. The van der Waals surface area contributed by atoms with Crippen molar-refractivity contribution < 1.29 is 4.79 Å². The molecule has 33 heavy (non-hydrogen) atoms. The maximum absolute atomic E-state index is 12.9. The van der Waals surface area contributed by atoms with Crippen LogP contribution in [0.15, 0.2) is 36.7 Å². The molecule has 1 saturated heterocycles. The van der Waals surface area contributed by atoms with Gasteiger partial charge in [-0.1, -0.05) is 32.0 Å². The topological polar surface area (TPSA) is 64.6 Å². The van der Waals surface area contributed by atoms with Crippen LogP contribution >= 0.6 is 11.3 Å². The van der Waals surface area contributed by atoms with Gasteiger partial charge < -0.3 is 20.0 Å². The fourth-order valence-electron chi connectivity index (χ4n) is 4.45. The Morgan fingerprint density at radius 1 is 1.06 bits per heavy atom. The molecule has 176 valence electrons. The Hall–Kier alpha value is -2.71. The normalized spacial score (nSPS) is 14.3. The van der Waals surface area contributed by atoms with Gasteiger partial charge >= 0.3 is 0 Å². The van der Waals surface area contributed by atoms with E-state index in [9.17, 15) is 4.79 Å². The largest absolute Gasteiger partial charge is 0.368 e. The van der Waals surface area contributed by atoms with Crippen molar-refractivity contribution in [3.63, 3.8) is 0 Å². The number of anilines is 2. The van der Waals surface area contributed by atoms with Gasteiger partial charge in [0.2, 0.25) is 0 Å². The number of nitrogens with one attached hydrogen (secondary N) is 1. The van der Waals surface area contributed by atoms with Crippen LogP contribution in [0.5, 0.6) is 0 Å². The van der Waals surface area contributed by atoms with E-state index < -0.39 is 0 Å². The van der Waals surface area contributed by atoms with Crippen LogP contribution in [0.2, 0.25) is 0 Å². The lowest BCUT2D eigenvalue weighted by molar-refractivity contribution is 0.0955. The molecule has 1 aromatic carbocycles. The molecule has 1 aliphatic heterocycles. The summed E-state index contributed by atoms with van der Waals surface area (Å²) in [5.74, 6) is 0.942. The number of piperazine rings is 1. The highest BCUT2D eigenvalue weighted by molar-refractivity contribution is 7.20. The number of benzene rings is 1. The molecule has 0 spiro atoms. The van der Waals surface area contributed by atoms with Gasteiger partial charge in [-0.3, -0.25) is 4.79 Å². The Kier molecular flexibility index (Phi) is 7.77. The second-order valence-corrected chi connectivity index (χ2v) is 9.38. The first-order chi connectivity index (χ1) is 16.1. The van der Waals surface area contributed by atoms with E-state index in [4.69, 9.17) is 0 Å². The number of carbonyl (C=O) groups excluding carboxylic acids is 1. The van der Waals surface area contributed by atoms with Crippen LogP contribution in [0.1, 0.15) is 35.5 Å². The number of amides is 1. The van der Waals surface area contributed by atoms with Crippen LogP contribution in [0.4, 0.5) is 11.5 Å². The lowest BCUT2D eigenvalue weighted by atomic mass is 10.1. The number of fused-ring (bicyclic) bond motifs is 1. The molecule has 1 fully saturated rings. The zero-order chi connectivity index (χ0) is 23.2. The quantitative estimate of drug-likeness (QED) is 0.484. The van der Waals surface area contributed by atoms with Crippen molar-refractivity contribution in [1.29, 1.82) is 0 Å². The van der Waals surface area contributed by atoms with E-state index in [-0.39, 0.29) is 5.91 Å². The van der Waals surface area contributed by atoms with Crippen LogP contribution < -0.4 is 15.1 Å². The molecule has 1 N–H and O–H groups in total. The Morgan fingerprint density at radius 2 is 1.76 bits per heavy atom. The maximum atomic E-state index is 12.9. The molecule has 2 aromatic heterocycles. The van der Waals surface area contributed by atoms with Crippen LogP contribution in [-0.2, 0) is 0 Å². The summed E-state index contributed by atoms with van der Waals surface area (Å²) in [6.45, 7) is 13.8. The van der Waals surface area contributed by atoms with Crippen LogP contribution in [0.25, 0.3) is 10.2 Å². The number of hydrogen-bond acceptors (Lipinski definition) is 7. The van der Waals surface area contributed by atoms with Crippen LogP contribution in [0.3, 0.4) is 0 Å². The van der Waals surface area contributed by atoms with Gasteiger partial charge in [-0.2, -0.15) is 0 Å². The van der Waals surface area contributed by atoms with Gasteiger partial charge in [0, 0.05) is 38.4 Å². The van der Waals surface area contributed by atoms with Gasteiger partial charge in [0.15, 0.2) is 0 Å². The van der Waals surface area contributed by atoms with Crippen molar-refractivity contribution in [2.24, 2.45) is 0 Å². The molecule has 0 atom stereocenters. The number of para-hydroxylation sites is 1. The van der Waals surface area contributed by atoms with E-state index in [0.717, 1.165) is 78.7 Å². The lowest BCUT2D eigenvalue weighted by Gasteiger charge is -2.37. The van der Waals surface area contributed by atoms with Crippen molar-refractivity contribution in [3.8, 4) is 0 Å². The number of aromatic nitrogens is 2. The van der Waals surface area contributed by atoms with E-state index in [1.54, 1.807) is 6.33 Å².